The molecule has 2 amide bonds. The molecular weight excluding hydrogens is 268 g/mol. The summed E-state index contributed by atoms with van der Waals surface area (Å²) >= 11 is 0. The molecule has 1 aliphatic heterocycles. The first-order chi connectivity index (χ1) is 9.84. The molecule has 6 heteroatoms. The molecule has 2 unspecified atom stereocenters. The molecule has 0 saturated carbocycles. The van der Waals surface area contributed by atoms with Gasteiger partial charge in [0.05, 0.1) is 6.04 Å². The van der Waals surface area contributed by atoms with E-state index in [9.17, 15) is 9.59 Å². The minimum Gasteiger partial charge on any atom is -0.355 e. The van der Waals surface area contributed by atoms with Crippen molar-refractivity contribution in [2.24, 2.45) is 5.92 Å². The monoisotopic (exact) mass is 298 g/mol. The molecule has 0 spiro atoms. The SMILES string of the molecule is CC(C)CCNC(=O)C(C)N1CCNCC1C(=O)N(C)C. The maximum atomic E-state index is 12.3. The van der Waals surface area contributed by atoms with Gasteiger partial charge < -0.3 is 15.5 Å². The van der Waals surface area contributed by atoms with Gasteiger partial charge in [0.2, 0.25) is 11.8 Å². The summed E-state index contributed by atoms with van der Waals surface area (Å²) < 4.78 is 0. The maximum absolute atomic E-state index is 12.3. The topological polar surface area (TPSA) is 64.7 Å². The molecule has 2 N–H and O–H groups in total. The van der Waals surface area contributed by atoms with E-state index in [4.69, 9.17) is 0 Å². The summed E-state index contributed by atoms with van der Waals surface area (Å²) in [4.78, 5) is 28.1. The molecule has 0 radical (unpaired) electrons. The van der Waals surface area contributed by atoms with Crippen LogP contribution in [0.25, 0.3) is 0 Å². The first kappa shape index (κ1) is 17.9. The van der Waals surface area contributed by atoms with Gasteiger partial charge in [-0.3, -0.25) is 14.5 Å². The molecule has 0 aliphatic carbocycles. The normalized spacial score (nSPS) is 21.1. The molecular formula is C15H30N4O2. The second-order valence-corrected chi connectivity index (χ2v) is 6.34. The summed E-state index contributed by atoms with van der Waals surface area (Å²) in [6, 6.07) is -0.548. The fourth-order valence-corrected chi connectivity index (χ4v) is 2.49. The highest BCUT2D eigenvalue weighted by Gasteiger charge is 2.35. The van der Waals surface area contributed by atoms with E-state index in [-0.39, 0.29) is 23.9 Å². The van der Waals surface area contributed by atoms with Crippen molar-refractivity contribution < 1.29 is 9.59 Å². The first-order valence-corrected chi connectivity index (χ1v) is 7.80. The van der Waals surface area contributed by atoms with Crippen LogP contribution in [-0.4, -0.2) is 74.0 Å². The van der Waals surface area contributed by atoms with Gasteiger partial charge in [-0.1, -0.05) is 13.8 Å². The number of hydrogen-bond donors (Lipinski definition) is 2. The van der Waals surface area contributed by atoms with E-state index in [0.29, 0.717) is 25.6 Å². The van der Waals surface area contributed by atoms with E-state index in [1.807, 2.05) is 11.8 Å². The Kier molecular flexibility index (Phi) is 7.11. The molecule has 0 aromatic heterocycles. The van der Waals surface area contributed by atoms with Crippen molar-refractivity contribution in [3.8, 4) is 0 Å². The molecule has 2 atom stereocenters. The van der Waals surface area contributed by atoms with E-state index in [2.05, 4.69) is 24.5 Å². The van der Waals surface area contributed by atoms with Crippen LogP contribution < -0.4 is 10.6 Å². The fourth-order valence-electron chi connectivity index (χ4n) is 2.49. The zero-order valence-corrected chi connectivity index (χ0v) is 14.0. The number of likely N-dealkylation sites (N-methyl/N-ethyl adjacent to an activating group) is 1. The first-order valence-electron chi connectivity index (χ1n) is 7.80. The van der Waals surface area contributed by atoms with E-state index in [0.717, 1.165) is 13.0 Å². The number of amides is 2. The summed E-state index contributed by atoms with van der Waals surface area (Å²) in [5.41, 5.74) is 0. The maximum Gasteiger partial charge on any atom is 0.240 e. The van der Waals surface area contributed by atoms with E-state index >= 15 is 0 Å². The third-order valence-corrected chi connectivity index (χ3v) is 3.91. The number of rotatable bonds is 6. The average Bonchev–Trinajstić information content (AvgIpc) is 2.45. The number of piperazine rings is 1. The van der Waals surface area contributed by atoms with Gasteiger partial charge in [0.15, 0.2) is 0 Å². The van der Waals surface area contributed by atoms with Crippen LogP contribution in [-0.2, 0) is 9.59 Å². The molecule has 21 heavy (non-hydrogen) atoms. The van der Waals surface area contributed by atoms with Crippen LogP contribution in [0.15, 0.2) is 0 Å². The van der Waals surface area contributed by atoms with Gasteiger partial charge in [0.25, 0.3) is 0 Å². The van der Waals surface area contributed by atoms with Crippen LogP contribution in [0.3, 0.4) is 0 Å². The number of hydrogen-bond acceptors (Lipinski definition) is 4. The Labute approximate surface area is 128 Å². The molecule has 122 valence electrons. The average molecular weight is 298 g/mol. The van der Waals surface area contributed by atoms with Gasteiger partial charge in [0.1, 0.15) is 6.04 Å². The lowest BCUT2D eigenvalue weighted by Crippen LogP contribution is -2.62. The third-order valence-electron chi connectivity index (χ3n) is 3.91. The van der Waals surface area contributed by atoms with Crippen LogP contribution in [0.2, 0.25) is 0 Å². The molecule has 0 aromatic rings. The quantitative estimate of drug-likeness (QED) is 0.719. The lowest BCUT2D eigenvalue weighted by atomic mass is 10.1. The molecule has 0 aromatic carbocycles. The molecule has 6 nitrogen and oxygen atoms in total. The smallest absolute Gasteiger partial charge is 0.240 e. The summed E-state index contributed by atoms with van der Waals surface area (Å²) in [7, 11) is 3.50. The van der Waals surface area contributed by atoms with Gasteiger partial charge in [-0.2, -0.15) is 0 Å². The van der Waals surface area contributed by atoms with Gasteiger partial charge in [-0.25, -0.2) is 0 Å². The summed E-state index contributed by atoms with van der Waals surface area (Å²) in [6.07, 6.45) is 0.972. The Bertz CT molecular complexity index is 358. The zero-order chi connectivity index (χ0) is 16.0. The van der Waals surface area contributed by atoms with Crippen molar-refractivity contribution >= 4 is 11.8 Å². The van der Waals surface area contributed by atoms with E-state index in [1.54, 1.807) is 19.0 Å². The van der Waals surface area contributed by atoms with Crippen molar-refractivity contribution in [2.75, 3.05) is 40.3 Å². The lowest BCUT2D eigenvalue weighted by Gasteiger charge is -2.39. The van der Waals surface area contributed by atoms with Crippen LogP contribution in [0.5, 0.6) is 0 Å². The molecule has 1 rings (SSSR count). The van der Waals surface area contributed by atoms with Crippen LogP contribution >= 0.6 is 0 Å². The molecule has 1 heterocycles. The van der Waals surface area contributed by atoms with Crippen molar-refractivity contribution in [3.63, 3.8) is 0 Å². The highest BCUT2D eigenvalue weighted by atomic mass is 16.2. The zero-order valence-electron chi connectivity index (χ0n) is 14.0. The predicted octanol–water partition coefficient (Wildman–Crippen LogP) is -0.101. The molecule has 0 bridgehead atoms. The molecule has 1 saturated heterocycles. The molecule has 1 aliphatic rings. The van der Waals surface area contributed by atoms with Gasteiger partial charge in [-0.05, 0) is 19.3 Å². The summed E-state index contributed by atoms with van der Waals surface area (Å²) in [5.74, 6) is 0.626. The number of nitrogens with zero attached hydrogens (tertiary/aromatic N) is 2. The van der Waals surface area contributed by atoms with Gasteiger partial charge in [-0.15, -0.1) is 0 Å². The van der Waals surface area contributed by atoms with Crippen LogP contribution in [0.1, 0.15) is 27.2 Å². The van der Waals surface area contributed by atoms with Crippen LogP contribution in [0.4, 0.5) is 0 Å². The standard InChI is InChI=1S/C15H30N4O2/c1-11(2)6-7-17-14(20)12(3)19-9-8-16-10-13(19)15(21)18(4)5/h11-13,16H,6-10H2,1-5H3,(H,17,20). The fraction of sp³-hybridized carbons (Fsp3) is 0.867. The van der Waals surface area contributed by atoms with Gasteiger partial charge >= 0.3 is 0 Å². The third kappa shape index (κ3) is 5.28. The highest BCUT2D eigenvalue weighted by Crippen LogP contribution is 2.11. The summed E-state index contributed by atoms with van der Waals surface area (Å²) in [6.45, 7) is 8.96. The Morgan fingerprint density at radius 1 is 1.33 bits per heavy atom. The summed E-state index contributed by atoms with van der Waals surface area (Å²) in [5, 5.41) is 6.21. The largest absolute Gasteiger partial charge is 0.355 e. The van der Waals surface area contributed by atoms with Crippen molar-refractivity contribution in [3.05, 3.63) is 0 Å². The Morgan fingerprint density at radius 3 is 2.57 bits per heavy atom. The highest BCUT2D eigenvalue weighted by molar-refractivity contribution is 5.85. The minimum absolute atomic E-state index is 0.00843. The van der Waals surface area contributed by atoms with Crippen molar-refractivity contribution in [1.82, 2.24) is 20.4 Å². The van der Waals surface area contributed by atoms with E-state index < -0.39 is 0 Å². The van der Waals surface area contributed by atoms with E-state index in [1.165, 1.54) is 0 Å². The Morgan fingerprint density at radius 2 is 2.00 bits per heavy atom. The van der Waals surface area contributed by atoms with Crippen molar-refractivity contribution in [2.45, 2.75) is 39.3 Å². The molecule has 1 fully saturated rings. The predicted molar refractivity (Wildman–Crippen MR) is 84.0 cm³/mol. The second kappa shape index (κ2) is 8.34. The second-order valence-electron chi connectivity index (χ2n) is 6.34. The van der Waals surface area contributed by atoms with Crippen molar-refractivity contribution in [1.29, 1.82) is 0 Å². The Balaban J connectivity index is 2.61. The van der Waals surface area contributed by atoms with Gasteiger partial charge in [0, 0.05) is 40.3 Å². The number of carbonyl (C=O) groups excluding carboxylic acids is 2. The minimum atomic E-state index is -0.284. The Hall–Kier alpha value is -1.14. The number of nitrogens with one attached hydrogen (secondary N) is 2. The number of carbonyl (C=O) groups is 2. The van der Waals surface area contributed by atoms with Crippen LogP contribution in [0, 0.1) is 5.92 Å². The lowest BCUT2D eigenvalue weighted by molar-refractivity contribution is -0.138.